The van der Waals surface area contributed by atoms with Crippen molar-refractivity contribution in [1.82, 2.24) is 9.78 Å². The van der Waals surface area contributed by atoms with E-state index in [1.54, 1.807) is 23.0 Å². The van der Waals surface area contributed by atoms with Crippen LogP contribution >= 0.6 is 11.6 Å². The summed E-state index contributed by atoms with van der Waals surface area (Å²) < 4.78 is 1.65. The van der Waals surface area contributed by atoms with Gasteiger partial charge in [0, 0.05) is 11.1 Å². The van der Waals surface area contributed by atoms with Crippen LogP contribution in [0.5, 0.6) is 5.75 Å². The van der Waals surface area contributed by atoms with Crippen molar-refractivity contribution in [2.45, 2.75) is 13.0 Å². The van der Waals surface area contributed by atoms with E-state index in [0.29, 0.717) is 24.7 Å². The molecule has 1 heterocycles. The van der Waals surface area contributed by atoms with Crippen molar-refractivity contribution in [3.63, 3.8) is 0 Å². The summed E-state index contributed by atoms with van der Waals surface area (Å²) in [5, 5.41) is 14.4. The van der Waals surface area contributed by atoms with Gasteiger partial charge in [-0.3, -0.25) is 0 Å². The van der Waals surface area contributed by atoms with Gasteiger partial charge in [-0.15, -0.1) is 0 Å². The molecular weight excluding hydrogens is 238 g/mol. The molecule has 0 unspecified atom stereocenters. The van der Waals surface area contributed by atoms with E-state index in [1.165, 1.54) is 0 Å². The van der Waals surface area contributed by atoms with E-state index in [2.05, 4.69) is 5.10 Å². The van der Waals surface area contributed by atoms with E-state index in [0.717, 1.165) is 11.1 Å². The molecule has 0 spiro atoms. The number of nitrogens with two attached hydrogens (primary N) is 1. The highest BCUT2D eigenvalue weighted by molar-refractivity contribution is 6.30. The van der Waals surface area contributed by atoms with Gasteiger partial charge in [-0.2, -0.15) is 5.10 Å². The standard InChI is InChI=1S/C12H14ClN3O/c13-12-9(5-6-14)7-15-16(12)8-10-3-1-2-4-11(10)17/h1-4,7,17H,5-6,8,14H2. The zero-order chi connectivity index (χ0) is 12.3. The van der Waals surface area contributed by atoms with Crippen molar-refractivity contribution >= 4 is 11.6 Å². The molecule has 0 atom stereocenters. The van der Waals surface area contributed by atoms with E-state index >= 15 is 0 Å². The molecule has 17 heavy (non-hydrogen) atoms. The molecule has 1 aromatic heterocycles. The summed E-state index contributed by atoms with van der Waals surface area (Å²) in [6.07, 6.45) is 2.43. The van der Waals surface area contributed by atoms with Crippen LogP contribution in [0.3, 0.4) is 0 Å². The van der Waals surface area contributed by atoms with Crippen LogP contribution in [0.2, 0.25) is 5.15 Å². The SMILES string of the molecule is NCCc1cnn(Cc2ccccc2O)c1Cl. The Kier molecular flexibility index (Phi) is 3.66. The van der Waals surface area contributed by atoms with Gasteiger partial charge in [-0.1, -0.05) is 29.8 Å². The fraction of sp³-hybridized carbons (Fsp3) is 0.250. The van der Waals surface area contributed by atoms with Crippen molar-refractivity contribution < 1.29 is 5.11 Å². The maximum absolute atomic E-state index is 9.67. The minimum Gasteiger partial charge on any atom is -0.508 e. The normalized spacial score (nSPS) is 10.7. The van der Waals surface area contributed by atoms with Crippen molar-refractivity contribution in [2.75, 3.05) is 6.54 Å². The molecule has 0 radical (unpaired) electrons. The summed E-state index contributed by atoms with van der Waals surface area (Å²) in [4.78, 5) is 0. The molecule has 90 valence electrons. The van der Waals surface area contributed by atoms with E-state index in [4.69, 9.17) is 17.3 Å². The van der Waals surface area contributed by atoms with Crippen molar-refractivity contribution in [3.05, 3.63) is 46.7 Å². The number of rotatable bonds is 4. The first-order chi connectivity index (χ1) is 8.22. The molecule has 2 aromatic rings. The van der Waals surface area contributed by atoms with E-state index in [1.807, 2.05) is 12.1 Å². The molecule has 0 amide bonds. The van der Waals surface area contributed by atoms with E-state index in [-0.39, 0.29) is 5.75 Å². The number of aromatic hydroxyl groups is 1. The van der Waals surface area contributed by atoms with Gasteiger partial charge in [0.15, 0.2) is 0 Å². The number of benzene rings is 1. The molecule has 0 aliphatic carbocycles. The lowest BCUT2D eigenvalue weighted by atomic mass is 10.2. The van der Waals surface area contributed by atoms with Crippen molar-refractivity contribution in [3.8, 4) is 5.75 Å². The summed E-state index contributed by atoms with van der Waals surface area (Å²) in [6.45, 7) is 0.998. The summed E-state index contributed by atoms with van der Waals surface area (Å²) >= 11 is 6.17. The van der Waals surface area contributed by atoms with Crippen LogP contribution in [-0.2, 0) is 13.0 Å². The number of phenolic OH excluding ortho intramolecular Hbond substituents is 1. The summed E-state index contributed by atoms with van der Waals surface area (Å²) in [5.41, 5.74) is 7.20. The van der Waals surface area contributed by atoms with Crippen LogP contribution in [-0.4, -0.2) is 21.4 Å². The minimum absolute atomic E-state index is 0.249. The van der Waals surface area contributed by atoms with Crippen LogP contribution in [0.1, 0.15) is 11.1 Å². The quantitative estimate of drug-likeness (QED) is 0.871. The predicted octanol–water partition coefficient (Wildman–Crippen LogP) is 1.79. The Morgan fingerprint density at radius 1 is 1.29 bits per heavy atom. The molecule has 5 heteroatoms. The molecule has 1 aromatic carbocycles. The van der Waals surface area contributed by atoms with Gasteiger partial charge in [0.25, 0.3) is 0 Å². The molecule has 0 saturated carbocycles. The average Bonchev–Trinajstić information content (AvgIpc) is 2.65. The third-order valence-corrected chi connectivity index (χ3v) is 3.01. The number of halogens is 1. The second-order valence-corrected chi connectivity index (χ2v) is 4.14. The van der Waals surface area contributed by atoms with Gasteiger partial charge in [-0.05, 0) is 19.0 Å². The van der Waals surface area contributed by atoms with Gasteiger partial charge in [-0.25, -0.2) is 4.68 Å². The predicted molar refractivity (Wildman–Crippen MR) is 67.2 cm³/mol. The lowest BCUT2D eigenvalue weighted by Crippen LogP contribution is -2.04. The van der Waals surface area contributed by atoms with Gasteiger partial charge >= 0.3 is 0 Å². The van der Waals surface area contributed by atoms with Crippen molar-refractivity contribution in [1.29, 1.82) is 0 Å². The Bertz CT molecular complexity index is 510. The maximum atomic E-state index is 9.67. The Balaban J connectivity index is 2.22. The smallest absolute Gasteiger partial charge is 0.130 e. The maximum Gasteiger partial charge on any atom is 0.130 e. The molecular formula is C12H14ClN3O. The molecule has 0 fully saturated rings. The Morgan fingerprint density at radius 3 is 2.76 bits per heavy atom. The largest absolute Gasteiger partial charge is 0.508 e. The summed E-state index contributed by atoms with van der Waals surface area (Å²) in [5.74, 6) is 0.249. The number of aromatic nitrogens is 2. The first-order valence-corrected chi connectivity index (χ1v) is 5.77. The number of para-hydroxylation sites is 1. The number of nitrogens with zero attached hydrogens (tertiary/aromatic N) is 2. The number of phenols is 1. The molecule has 2 rings (SSSR count). The van der Waals surface area contributed by atoms with Gasteiger partial charge in [0.2, 0.25) is 0 Å². The van der Waals surface area contributed by atoms with Crippen LogP contribution in [0.15, 0.2) is 30.5 Å². The zero-order valence-corrected chi connectivity index (χ0v) is 10.1. The topological polar surface area (TPSA) is 64.1 Å². The lowest BCUT2D eigenvalue weighted by Gasteiger charge is -2.06. The fourth-order valence-electron chi connectivity index (χ4n) is 1.65. The average molecular weight is 252 g/mol. The minimum atomic E-state index is 0.249. The highest BCUT2D eigenvalue weighted by atomic mass is 35.5. The summed E-state index contributed by atoms with van der Waals surface area (Å²) in [7, 11) is 0. The van der Waals surface area contributed by atoms with Crippen molar-refractivity contribution in [2.24, 2.45) is 5.73 Å². The second-order valence-electron chi connectivity index (χ2n) is 3.79. The third kappa shape index (κ3) is 2.60. The molecule has 0 aliphatic heterocycles. The molecule has 0 saturated heterocycles. The zero-order valence-electron chi connectivity index (χ0n) is 9.31. The molecule has 3 N–H and O–H groups in total. The number of hydrogen-bond acceptors (Lipinski definition) is 3. The highest BCUT2D eigenvalue weighted by Crippen LogP contribution is 2.21. The first-order valence-electron chi connectivity index (χ1n) is 5.39. The third-order valence-electron chi connectivity index (χ3n) is 2.57. The Labute approximate surface area is 105 Å². The van der Waals surface area contributed by atoms with Gasteiger partial charge in [0.1, 0.15) is 10.9 Å². The molecule has 0 bridgehead atoms. The monoisotopic (exact) mass is 251 g/mol. The van der Waals surface area contributed by atoms with Crippen LogP contribution in [0.25, 0.3) is 0 Å². The second kappa shape index (κ2) is 5.21. The molecule has 4 nitrogen and oxygen atoms in total. The summed E-state index contributed by atoms with van der Waals surface area (Å²) in [6, 6.07) is 7.14. The lowest BCUT2D eigenvalue weighted by molar-refractivity contribution is 0.464. The van der Waals surface area contributed by atoms with Crippen LogP contribution in [0.4, 0.5) is 0 Å². The number of hydrogen-bond donors (Lipinski definition) is 2. The van der Waals surface area contributed by atoms with E-state index < -0.39 is 0 Å². The van der Waals surface area contributed by atoms with E-state index in [9.17, 15) is 5.11 Å². The molecule has 0 aliphatic rings. The van der Waals surface area contributed by atoms with Gasteiger partial charge < -0.3 is 10.8 Å². The van der Waals surface area contributed by atoms with Crippen LogP contribution in [0, 0.1) is 0 Å². The van der Waals surface area contributed by atoms with Gasteiger partial charge in [0.05, 0.1) is 12.7 Å². The Morgan fingerprint density at radius 2 is 2.06 bits per heavy atom. The first kappa shape index (κ1) is 12.0. The fourth-order valence-corrected chi connectivity index (χ4v) is 1.90. The Hall–Kier alpha value is -1.52. The van der Waals surface area contributed by atoms with Crippen LogP contribution < -0.4 is 5.73 Å². The highest BCUT2D eigenvalue weighted by Gasteiger charge is 2.09.